The summed E-state index contributed by atoms with van der Waals surface area (Å²) < 4.78 is 10.1. The van der Waals surface area contributed by atoms with Gasteiger partial charge in [0.2, 0.25) is 11.8 Å². The number of anilines is 1. The van der Waals surface area contributed by atoms with Crippen LogP contribution in [0, 0.1) is 5.92 Å². The van der Waals surface area contributed by atoms with Crippen molar-refractivity contribution < 1.29 is 23.9 Å². The van der Waals surface area contributed by atoms with E-state index >= 15 is 0 Å². The highest BCUT2D eigenvalue weighted by molar-refractivity contribution is 7.10. The lowest BCUT2D eigenvalue weighted by atomic mass is 9.97. The second-order valence-electron chi connectivity index (χ2n) is 7.11. The summed E-state index contributed by atoms with van der Waals surface area (Å²) in [4.78, 5) is 42.7. The van der Waals surface area contributed by atoms with Crippen molar-refractivity contribution in [2.24, 2.45) is 5.92 Å². The normalized spacial score (nSPS) is 21.1. The van der Waals surface area contributed by atoms with E-state index in [0.29, 0.717) is 25.3 Å². The largest absolute Gasteiger partial charge is 0.497 e. The average Bonchev–Trinajstić information content (AvgIpc) is 3.38. The van der Waals surface area contributed by atoms with Gasteiger partial charge in [-0.15, -0.1) is 11.3 Å². The van der Waals surface area contributed by atoms with Crippen molar-refractivity contribution in [3.63, 3.8) is 0 Å². The van der Waals surface area contributed by atoms with Crippen molar-refractivity contribution in [2.45, 2.75) is 18.9 Å². The van der Waals surface area contributed by atoms with Gasteiger partial charge in [0.25, 0.3) is 0 Å². The summed E-state index contributed by atoms with van der Waals surface area (Å²) in [7, 11) is 2.91. The first-order valence-electron chi connectivity index (χ1n) is 9.42. The van der Waals surface area contributed by atoms with E-state index in [1.807, 2.05) is 11.4 Å². The maximum atomic E-state index is 13.3. The molecule has 0 N–H and O–H groups in total. The van der Waals surface area contributed by atoms with Crippen LogP contribution in [0.4, 0.5) is 5.69 Å². The van der Waals surface area contributed by atoms with Gasteiger partial charge in [0.05, 0.1) is 20.1 Å². The molecule has 2 unspecified atom stereocenters. The standard InChI is InChI=1S/C21H22N2O5S/c1-27-15-5-3-14(4-6-15)23-12-13(11-18(23)24)20(25)22-9-7-17-16(8-10-29-17)19(22)21(26)28-2/h3-6,8,10,13,19H,7,9,11-12H2,1-2H3. The number of hydrogen-bond acceptors (Lipinski definition) is 6. The average molecular weight is 414 g/mol. The molecule has 1 aromatic heterocycles. The molecule has 7 nitrogen and oxygen atoms in total. The summed E-state index contributed by atoms with van der Waals surface area (Å²) in [6.07, 6.45) is 0.834. The van der Waals surface area contributed by atoms with E-state index in [1.165, 1.54) is 7.11 Å². The summed E-state index contributed by atoms with van der Waals surface area (Å²) in [6, 6.07) is 8.32. The maximum Gasteiger partial charge on any atom is 0.333 e. The Morgan fingerprint density at radius 3 is 2.59 bits per heavy atom. The molecule has 2 amide bonds. The van der Waals surface area contributed by atoms with Gasteiger partial charge in [0, 0.05) is 30.1 Å². The number of hydrogen-bond donors (Lipinski definition) is 0. The van der Waals surface area contributed by atoms with Crippen LogP contribution >= 0.6 is 11.3 Å². The number of fused-ring (bicyclic) bond motifs is 1. The lowest BCUT2D eigenvalue weighted by Crippen LogP contribution is -2.46. The fraction of sp³-hybridized carbons (Fsp3) is 0.381. The van der Waals surface area contributed by atoms with Crippen molar-refractivity contribution in [1.29, 1.82) is 0 Å². The molecular formula is C21H22N2O5S. The number of methoxy groups -OCH3 is 2. The van der Waals surface area contributed by atoms with Crippen LogP contribution in [0.1, 0.15) is 22.9 Å². The Bertz CT molecular complexity index is 939. The van der Waals surface area contributed by atoms with E-state index in [9.17, 15) is 14.4 Å². The summed E-state index contributed by atoms with van der Waals surface area (Å²) in [5, 5.41) is 1.93. The summed E-state index contributed by atoms with van der Waals surface area (Å²) in [5.74, 6) is -0.516. The number of rotatable bonds is 4. The zero-order chi connectivity index (χ0) is 20.5. The number of amides is 2. The minimum atomic E-state index is -0.743. The SMILES string of the molecule is COC(=O)C1c2ccsc2CCN1C(=O)C1CC(=O)N(c2ccc(OC)cc2)C1. The van der Waals surface area contributed by atoms with Crippen LogP contribution in [0.15, 0.2) is 35.7 Å². The number of carbonyl (C=O) groups is 3. The number of nitrogens with zero attached hydrogens (tertiary/aromatic N) is 2. The molecule has 0 radical (unpaired) electrons. The Kier molecular flexibility index (Phi) is 5.27. The molecule has 1 aromatic carbocycles. The number of ether oxygens (including phenoxy) is 2. The molecule has 1 fully saturated rings. The Morgan fingerprint density at radius 1 is 1.14 bits per heavy atom. The molecule has 2 aromatic rings. The Balaban J connectivity index is 1.54. The minimum Gasteiger partial charge on any atom is -0.497 e. The first-order valence-corrected chi connectivity index (χ1v) is 10.3. The van der Waals surface area contributed by atoms with Crippen molar-refractivity contribution in [3.05, 3.63) is 46.2 Å². The molecule has 8 heteroatoms. The Hall–Kier alpha value is -2.87. The van der Waals surface area contributed by atoms with Crippen LogP contribution in [-0.2, 0) is 25.5 Å². The van der Waals surface area contributed by atoms with Crippen molar-refractivity contribution in [2.75, 3.05) is 32.2 Å². The van der Waals surface area contributed by atoms with Crippen molar-refractivity contribution in [3.8, 4) is 5.75 Å². The van der Waals surface area contributed by atoms with Crippen LogP contribution in [0.5, 0.6) is 5.75 Å². The van der Waals surface area contributed by atoms with Crippen LogP contribution in [0.25, 0.3) is 0 Å². The number of carbonyl (C=O) groups excluding carboxylic acids is 3. The van der Waals surface area contributed by atoms with Gasteiger partial charge in [-0.05, 0) is 47.7 Å². The van der Waals surface area contributed by atoms with E-state index in [1.54, 1.807) is 52.5 Å². The number of thiophene rings is 1. The lowest BCUT2D eigenvalue weighted by molar-refractivity contribution is -0.155. The quantitative estimate of drug-likeness (QED) is 0.718. The first-order chi connectivity index (χ1) is 14.0. The minimum absolute atomic E-state index is 0.101. The highest BCUT2D eigenvalue weighted by atomic mass is 32.1. The highest BCUT2D eigenvalue weighted by Crippen LogP contribution is 2.36. The zero-order valence-corrected chi connectivity index (χ0v) is 17.1. The maximum absolute atomic E-state index is 13.3. The smallest absolute Gasteiger partial charge is 0.333 e. The molecular weight excluding hydrogens is 392 g/mol. The topological polar surface area (TPSA) is 76.2 Å². The van der Waals surface area contributed by atoms with Crippen LogP contribution in [-0.4, -0.2) is 50.0 Å². The van der Waals surface area contributed by atoms with Crippen molar-refractivity contribution in [1.82, 2.24) is 4.90 Å². The molecule has 0 aliphatic carbocycles. The van der Waals surface area contributed by atoms with Gasteiger partial charge in [0.15, 0.2) is 6.04 Å². The molecule has 2 atom stereocenters. The molecule has 3 heterocycles. The van der Waals surface area contributed by atoms with Gasteiger partial charge in [-0.3, -0.25) is 9.59 Å². The summed E-state index contributed by atoms with van der Waals surface area (Å²) >= 11 is 1.59. The third kappa shape index (κ3) is 3.48. The van der Waals surface area contributed by atoms with Gasteiger partial charge in [0.1, 0.15) is 5.75 Å². The fourth-order valence-electron chi connectivity index (χ4n) is 4.04. The summed E-state index contributed by atoms with van der Waals surface area (Å²) in [5.41, 5.74) is 1.56. The molecule has 4 rings (SSSR count). The van der Waals surface area contributed by atoms with Gasteiger partial charge in [-0.2, -0.15) is 0 Å². The zero-order valence-electron chi connectivity index (χ0n) is 16.3. The monoisotopic (exact) mass is 414 g/mol. The second-order valence-corrected chi connectivity index (χ2v) is 8.11. The Morgan fingerprint density at radius 2 is 1.90 bits per heavy atom. The predicted molar refractivity (Wildman–Crippen MR) is 108 cm³/mol. The van der Waals surface area contributed by atoms with Crippen molar-refractivity contribution >= 4 is 34.8 Å². The van der Waals surface area contributed by atoms with Gasteiger partial charge in [-0.25, -0.2) is 4.79 Å². The number of benzene rings is 1. The second kappa shape index (κ2) is 7.87. The molecule has 152 valence electrons. The predicted octanol–water partition coefficient (Wildman–Crippen LogP) is 2.41. The Labute approximate surface area is 172 Å². The molecule has 0 spiro atoms. The lowest BCUT2D eigenvalue weighted by Gasteiger charge is -2.35. The van der Waals surface area contributed by atoms with Gasteiger partial charge in [-0.1, -0.05) is 0 Å². The third-order valence-corrected chi connectivity index (χ3v) is 6.53. The number of esters is 1. The van der Waals surface area contributed by atoms with Crippen LogP contribution in [0.2, 0.25) is 0 Å². The molecule has 0 saturated carbocycles. The van der Waals surface area contributed by atoms with E-state index in [0.717, 1.165) is 16.1 Å². The fourth-order valence-corrected chi connectivity index (χ4v) is 4.94. The van der Waals surface area contributed by atoms with E-state index in [2.05, 4.69) is 0 Å². The van der Waals surface area contributed by atoms with Crippen LogP contribution < -0.4 is 9.64 Å². The highest BCUT2D eigenvalue weighted by Gasteiger charge is 2.43. The van der Waals surface area contributed by atoms with E-state index < -0.39 is 17.9 Å². The van der Waals surface area contributed by atoms with E-state index in [-0.39, 0.29) is 18.2 Å². The third-order valence-electron chi connectivity index (χ3n) is 5.53. The summed E-state index contributed by atoms with van der Waals surface area (Å²) in [6.45, 7) is 0.740. The molecule has 2 aliphatic heterocycles. The molecule has 1 saturated heterocycles. The molecule has 2 aliphatic rings. The molecule has 29 heavy (non-hydrogen) atoms. The van der Waals surface area contributed by atoms with Gasteiger partial charge < -0.3 is 19.3 Å². The van der Waals surface area contributed by atoms with E-state index in [4.69, 9.17) is 9.47 Å². The first kappa shape index (κ1) is 19.4. The molecule has 0 bridgehead atoms. The van der Waals surface area contributed by atoms with Crippen LogP contribution in [0.3, 0.4) is 0 Å². The van der Waals surface area contributed by atoms with Gasteiger partial charge >= 0.3 is 5.97 Å².